The Morgan fingerprint density at radius 3 is 3.00 bits per heavy atom. The molecule has 2 aromatic rings. The number of aromatic amines is 1. The molecule has 0 radical (unpaired) electrons. The smallest absolute Gasteiger partial charge is 0.145 e. The third-order valence-electron chi connectivity index (χ3n) is 3.80. The van der Waals surface area contributed by atoms with Crippen LogP contribution >= 0.6 is 0 Å². The zero-order chi connectivity index (χ0) is 14.7. The van der Waals surface area contributed by atoms with Crippen molar-refractivity contribution in [3.63, 3.8) is 0 Å². The number of nitrogens with one attached hydrogen (secondary N) is 1. The molecular formula is C15H22N6. The fourth-order valence-electron chi connectivity index (χ4n) is 2.88. The normalized spacial score (nSPS) is 19.5. The molecule has 0 bridgehead atoms. The Morgan fingerprint density at radius 2 is 2.24 bits per heavy atom. The van der Waals surface area contributed by atoms with Gasteiger partial charge in [0.1, 0.15) is 5.82 Å². The van der Waals surface area contributed by atoms with Gasteiger partial charge in [-0.1, -0.05) is 0 Å². The van der Waals surface area contributed by atoms with Crippen LogP contribution in [0.25, 0.3) is 0 Å². The van der Waals surface area contributed by atoms with E-state index >= 15 is 0 Å². The van der Waals surface area contributed by atoms with Crippen LogP contribution < -0.4 is 0 Å². The molecule has 3 rings (SSSR count). The highest BCUT2D eigenvalue weighted by Crippen LogP contribution is 2.30. The minimum Gasteiger partial charge on any atom is -0.304 e. The summed E-state index contributed by atoms with van der Waals surface area (Å²) in [4.78, 5) is 13.8. The van der Waals surface area contributed by atoms with E-state index in [0.717, 1.165) is 43.3 Å². The van der Waals surface area contributed by atoms with Gasteiger partial charge in [0.2, 0.25) is 0 Å². The summed E-state index contributed by atoms with van der Waals surface area (Å²) in [5.74, 6) is 0.950. The molecule has 1 N–H and O–H groups in total. The summed E-state index contributed by atoms with van der Waals surface area (Å²) in [5, 5.41) is 7.05. The molecule has 3 heterocycles. The predicted octanol–water partition coefficient (Wildman–Crippen LogP) is 1.60. The molecule has 1 atom stereocenters. The van der Waals surface area contributed by atoms with Crippen molar-refractivity contribution in [1.82, 2.24) is 30.0 Å². The first-order chi connectivity index (χ1) is 10.2. The molecule has 6 heteroatoms. The molecule has 0 saturated carbocycles. The summed E-state index contributed by atoms with van der Waals surface area (Å²) in [6, 6.07) is 4.34. The Labute approximate surface area is 125 Å². The van der Waals surface area contributed by atoms with Crippen LogP contribution in [0.5, 0.6) is 0 Å². The van der Waals surface area contributed by atoms with Crippen LogP contribution in [0.2, 0.25) is 0 Å². The summed E-state index contributed by atoms with van der Waals surface area (Å²) in [6.45, 7) is 2.82. The summed E-state index contributed by atoms with van der Waals surface area (Å²) in [5.41, 5.74) is 2.23. The molecule has 1 aliphatic heterocycles. The molecule has 0 aliphatic carbocycles. The molecule has 112 valence electrons. The number of aromatic nitrogens is 4. The average molecular weight is 286 g/mol. The Hall–Kier alpha value is -1.79. The van der Waals surface area contributed by atoms with Gasteiger partial charge in [0, 0.05) is 31.2 Å². The van der Waals surface area contributed by atoms with E-state index in [-0.39, 0.29) is 0 Å². The fraction of sp³-hybridized carbons (Fsp3) is 0.533. The van der Waals surface area contributed by atoms with Gasteiger partial charge in [0.25, 0.3) is 0 Å². The monoisotopic (exact) mass is 286 g/mol. The fourth-order valence-corrected chi connectivity index (χ4v) is 2.88. The Bertz CT molecular complexity index is 565. The van der Waals surface area contributed by atoms with Gasteiger partial charge < -0.3 is 4.90 Å². The Morgan fingerprint density at radius 1 is 1.33 bits per heavy atom. The van der Waals surface area contributed by atoms with Gasteiger partial charge in [0.05, 0.1) is 11.7 Å². The molecule has 6 nitrogen and oxygen atoms in total. The van der Waals surface area contributed by atoms with E-state index in [2.05, 4.69) is 39.1 Å². The van der Waals surface area contributed by atoms with E-state index in [1.54, 1.807) is 6.20 Å². The molecule has 0 unspecified atom stereocenters. The van der Waals surface area contributed by atoms with E-state index in [9.17, 15) is 0 Å². The van der Waals surface area contributed by atoms with Gasteiger partial charge in [0.15, 0.2) is 0 Å². The average Bonchev–Trinajstić information content (AvgIpc) is 3.10. The maximum atomic E-state index is 4.75. The summed E-state index contributed by atoms with van der Waals surface area (Å²) < 4.78 is 0. The van der Waals surface area contributed by atoms with E-state index in [0.29, 0.717) is 6.04 Å². The second kappa shape index (κ2) is 6.32. The number of rotatable bonds is 5. The van der Waals surface area contributed by atoms with E-state index in [1.165, 1.54) is 6.42 Å². The minimum atomic E-state index is 0.315. The number of hydrogen-bond donors (Lipinski definition) is 1. The van der Waals surface area contributed by atoms with Gasteiger partial charge in [-0.3, -0.25) is 10.00 Å². The van der Waals surface area contributed by atoms with Crippen LogP contribution in [0.15, 0.2) is 24.5 Å². The highest BCUT2D eigenvalue weighted by atomic mass is 15.2. The van der Waals surface area contributed by atoms with E-state index < -0.39 is 0 Å². The van der Waals surface area contributed by atoms with Crippen LogP contribution in [-0.4, -0.2) is 50.6 Å². The first-order valence-electron chi connectivity index (χ1n) is 7.41. The van der Waals surface area contributed by atoms with Crippen molar-refractivity contribution >= 4 is 0 Å². The number of H-pyrrole nitrogens is 1. The quantitative estimate of drug-likeness (QED) is 0.904. The van der Waals surface area contributed by atoms with Crippen molar-refractivity contribution in [2.75, 3.05) is 20.6 Å². The standard InChI is InChI=1S/C15H22N6/c1-20(2)10-12-5-7-16-15(18-12)14-4-3-9-21(14)11-13-6-8-17-19-13/h5-8,14H,3-4,9-11H2,1-2H3,(H,17,19)/t14-/m0/s1. The zero-order valence-electron chi connectivity index (χ0n) is 12.7. The largest absolute Gasteiger partial charge is 0.304 e. The maximum Gasteiger partial charge on any atom is 0.145 e. The Kier molecular flexibility index (Phi) is 4.26. The number of nitrogens with zero attached hydrogens (tertiary/aromatic N) is 5. The molecule has 21 heavy (non-hydrogen) atoms. The summed E-state index contributed by atoms with van der Waals surface area (Å²) >= 11 is 0. The topological polar surface area (TPSA) is 60.9 Å². The van der Waals surface area contributed by atoms with Gasteiger partial charge in [-0.05, 0) is 45.6 Å². The third-order valence-corrected chi connectivity index (χ3v) is 3.80. The minimum absolute atomic E-state index is 0.315. The lowest BCUT2D eigenvalue weighted by Crippen LogP contribution is -2.25. The molecule has 0 amide bonds. The molecular weight excluding hydrogens is 264 g/mol. The van der Waals surface area contributed by atoms with Crippen LogP contribution in [-0.2, 0) is 13.1 Å². The molecule has 2 aromatic heterocycles. The molecule has 1 saturated heterocycles. The Balaban J connectivity index is 1.75. The van der Waals surface area contributed by atoms with Crippen molar-refractivity contribution in [2.24, 2.45) is 0 Å². The number of hydrogen-bond acceptors (Lipinski definition) is 5. The summed E-state index contributed by atoms with van der Waals surface area (Å²) in [6.07, 6.45) is 6.00. The van der Waals surface area contributed by atoms with Crippen molar-refractivity contribution in [2.45, 2.75) is 32.0 Å². The lowest BCUT2D eigenvalue weighted by atomic mass is 10.2. The molecule has 0 aromatic carbocycles. The predicted molar refractivity (Wildman–Crippen MR) is 80.4 cm³/mol. The molecule has 0 spiro atoms. The second-order valence-electron chi connectivity index (χ2n) is 5.85. The van der Waals surface area contributed by atoms with Gasteiger partial charge in [-0.2, -0.15) is 5.10 Å². The van der Waals surface area contributed by atoms with Gasteiger partial charge in [-0.15, -0.1) is 0 Å². The van der Waals surface area contributed by atoms with E-state index in [1.807, 2.05) is 18.3 Å². The van der Waals surface area contributed by atoms with Crippen LogP contribution in [0.3, 0.4) is 0 Å². The number of likely N-dealkylation sites (tertiary alicyclic amines) is 1. The second-order valence-corrected chi connectivity index (χ2v) is 5.85. The third kappa shape index (κ3) is 3.46. The zero-order valence-corrected chi connectivity index (χ0v) is 12.7. The van der Waals surface area contributed by atoms with E-state index in [4.69, 9.17) is 4.98 Å². The SMILES string of the molecule is CN(C)Cc1ccnc([C@@H]2CCCN2Cc2ccn[nH]2)n1. The highest BCUT2D eigenvalue weighted by molar-refractivity contribution is 5.08. The molecule has 1 aliphatic rings. The maximum absolute atomic E-state index is 4.75. The molecule has 1 fully saturated rings. The van der Waals surface area contributed by atoms with Crippen molar-refractivity contribution < 1.29 is 0 Å². The lowest BCUT2D eigenvalue weighted by molar-refractivity contribution is 0.236. The van der Waals surface area contributed by atoms with Gasteiger partial charge in [-0.25, -0.2) is 9.97 Å². The highest BCUT2D eigenvalue weighted by Gasteiger charge is 2.28. The first kappa shape index (κ1) is 14.2. The van der Waals surface area contributed by atoms with Crippen molar-refractivity contribution in [3.05, 3.63) is 41.7 Å². The summed E-state index contributed by atoms with van der Waals surface area (Å²) in [7, 11) is 4.11. The first-order valence-corrected chi connectivity index (χ1v) is 7.41. The lowest BCUT2D eigenvalue weighted by Gasteiger charge is -2.23. The van der Waals surface area contributed by atoms with Crippen molar-refractivity contribution in [3.8, 4) is 0 Å². The van der Waals surface area contributed by atoms with Crippen molar-refractivity contribution in [1.29, 1.82) is 0 Å². The van der Waals surface area contributed by atoms with Gasteiger partial charge >= 0.3 is 0 Å². The van der Waals surface area contributed by atoms with Crippen LogP contribution in [0.1, 0.15) is 36.1 Å². The van der Waals surface area contributed by atoms with Crippen LogP contribution in [0, 0.1) is 0 Å². The van der Waals surface area contributed by atoms with Crippen LogP contribution in [0.4, 0.5) is 0 Å².